The quantitative estimate of drug-likeness (QED) is 0.417. The van der Waals surface area contributed by atoms with E-state index < -0.39 is 8.07 Å². The second-order valence-corrected chi connectivity index (χ2v) is 17.9. The highest BCUT2D eigenvalue weighted by Crippen LogP contribution is 2.39. The number of rotatable bonds is 5. The minimum atomic E-state index is -0.803. The van der Waals surface area contributed by atoms with Gasteiger partial charge in [-0.25, -0.2) is 9.97 Å². The number of aromatic nitrogens is 3. The number of nitrogens with one attached hydrogen (secondary N) is 2. The van der Waals surface area contributed by atoms with Gasteiger partial charge in [0.05, 0.1) is 11.1 Å². The first-order chi connectivity index (χ1) is 16.3. The zero-order chi connectivity index (χ0) is 24.2. The van der Waals surface area contributed by atoms with E-state index in [2.05, 4.69) is 64.0 Å². The summed E-state index contributed by atoms with van der Waals surface area (Å²) < 4.78 is 4.95. The van der Waals surface area contributed by atoms with Gasteiger partial charge in [0.1, 0.15) is 10.7 Å². The van der Waals surface area contributed by atoms with Crippen molar-refractivity contribution in [3.8, 4) is 10.6 Å². The number of anilines is 1. The average molecular weight is 500 g/mol. The molecule has 2 fully saturated rings. The number of nitrogens with zero attached hydrogens (tertiary/aromatic N) is 3. The van der Waals surface area contributed by atoms with E-state index in [9.17, 15) is 0 Å². The van der Waals surface area contributed by atoms with Crippen molar-refractivity contribution in [2.24, 2.45) is 0 Å². The van der Waals surface area contributed by atoms with Crippen molar-refractivity contribution < 1.29 is 4.74 Å². The van der Waals surface area contributed by atoms with Crippen LogP contribution in [-0.4, -0.2) is 61.9 Å². The molecule has 1 spiro atoms. The Hall–Kier alpha value is -1.74. The summed E-state index contributed by atoms with van der Waals surface area (Å²) >= 11 is 1.75. The molecule has 2 aliphatic rings. The number of hydrogen-bond acceptors (Lipinski definition) is 6. The van der Waals surface area contributed by atoms with Gasteiger partial charge in [-0.2, -0.15) is 0 Å². The van der Waals surface area contributed by atoms with E-state index in [1.54, 1.807) is 18.4 Å². The molecule has 2 saturated heterocycles. The van der Waals surface area contributed by atoms with E-state index in [0.29, 0.717) is 5.54 Å². The molecule has 5 heterocycles. The molecular formula is C26H41N5OSSi. The molecule has 1 atom stereocenters. The predicted octanol–water partition coefficient (Wildman–Crippen LogP) is 6.08. The summed E-state index contributed by atoms with van der Waals surface area (Å²) in [6, 6.07) is 3.46. The zero-order valence-electron chi connectivity index (χ0n) is 21.5. The molecule has 8 heteroatoms. The average Bonchev–Trinajstić information content (AvgIpc) is 3.44. The van der Waals surface area contributed by atoms with Crippen LogP contribution in [0.5, 0.6) is 0 Å². The Balaban J connectivity index is 0.000000297. The second kappa shape index (κ2) is 10.9. The van der Waals surface area contributed by atoms with Crippen molar-refractivity contribution in [2.45, 2.75) is 70.3 Å². The monoisotopic (exact) mass is 499 g/mol. The maximum Gasteiger partial charge on any atom is 0.140 e. The molecule has 5 rings (SSSR count). The van der Waals surface area contributed by atoms with Crippen LogP contribution in [0.1, 0.15) is 37.0 Å². The van der Waals surface area contributed by atoms with Gasteiger partial charge in [0.15, 0.2) is 0 Å². The van der Waals surface area contributed by atoms with Crippen LogP contribution < -0.4 is 10.2 Å². The zero-order valence-corrected chi connectivity index (χ0v) is 23.4. The summed E-state index contributed by atoms with van der Waals surface area (Å²) in [6.07, 6.45) is 12.4. The number of aromatic amines is 1. The lowest BCUT2D eigenvalue weighted by Gasteiger charge is -2.47. The number of H-pyrrole nitrogens is 1. The van der Waals surface area contributed by atoms with Crippen molar-refractivity contribution in [1.29, 1.82) is 0 Å². The number of ether oxygens (including phenoxy) is 1. The smallest absolute Gasteiger partial charge is 0.140 e. The maximum absolute atomic E-state index is 4.95. The number of fused-ring (bicyclic) bond motifs is 1. The molecule has 0 aromatic carbocycles. The number of hydrogen-bond donors (Lipinski definition) is 2. The summed E-state index contributed by atoms with van der Waals surface area (Å²) in [6.45, 7) is 13.5. The van der Waals surface area contributed by atoms with Crippen LogP contribution in [-0.2, 0) is 4.74 Å². The Labute approximate surface area is 209 Å². The fourth-order valence-corrected chi connectivity index (χ4v) is 6.68. The highest BCUT2D eigenvalue weighted by Gasteiger charge is 2.37. The third kappa shape index (κ3) is 6.08. The summed E-state index contributed by atoms with van der Waals surface area (Å²) in [7, 11) is 0.961. The third-order valence-corrected chi connectivity index (χ3v) is 9.61. The van der Waals surface area contributed by atoms with Gasteiger partial charge in [-0.15, -0.1) is 11.3 Å². The van der Waals surface area contributed by atoms with Crippen LogP contribution in [0.3, 0.4) is 0 Å². The highest BCUT2D eigenvalue weighted by molar-refractivity contribution is 7.15. The minimum Gasteiger partial charge on any atom is -0.385 e. The summed E-state index contributed by atoms with van der Waals surface area (Å²) in [5.74, 6) is 0. The molecule has 34 heavy (non-hydrogen) atoms. The Morgan fingerprint density at radius 2 is 2.00 bits per heavy atom. The van der Waals surface area contributed by atoms with Crippen molar-refractivity contribution in [1.82, 2.24) is 20.3 Å². The van der Waals surface area contributed by atoms with E-state index in [1.165, 1.54) is 59.7 Å². The largest absolute Gasteiger partial charge is 0.385 e. The van der Waals surface area contributed by atoms with Gasteiger partial charge in [-0.05, 0) is 51.3 Å². The van der Waals surface area contributed by atoms with Crippen LogP contribution in [0.15, 0.2) is 24.7 Å². The van der Waals surface area contributed by atoms with Crippen LogP contribution in [0.4, 0.5) is 5.69 Å². The van der Waals surface area contributed by atoms with Crippen LogP contribution in [0, 0.1) is 6.92 Å². The molecule has 6 nitrogen and oxygen atoms in total. The summed E-state index contributed by atoms with van der Waals surface area (Å²) in [5, 5.41) is 6.14. The molecule has 0 unspecified atom stereocenters. The Morgan fingerprint density at radius 1 is 1.18 bits per heavy atom. The van der Waals surface area contributed by atoms with Crippen molar-refractivity contribution in [2.75, 3.05) is 38.3 Å². The van der Waals surface area contributed by atoms with Crippen molar-refractivity contribution >= 4 is 36.1 Å². The van der Waals surface area contributed by atoms with Crippen LogP contribution >= 0.6 is 11.3 Å². The van der Waals surface area contributed by atoms with E-state index in [0.717, 1.165) is 36.9 Å². The predicted molar refractivity (Wildman–Crippen MR) is 148 cm³/mol. The first-order valence-corrected chi connectivity index (χ1v) is 17.2. The number of pyridine rings is 1. The molecule has 0 amide bonds. The minimum absolute atomic E-state index is 0.292. The number of piperidine rings is 2. The lowest BCUT2D eigenvalue weighted by molar-refractivity contribution is 0.214. The normalized spacial score (nSPS) is 21.0. The number of aryl methyl sites for hydroxylation is 1. The summed E-state index contributed by atoms with van der Waals surface area (Å²) in [5.41, 5.74) is 3.73. The van der Waals surface area contributed by atoms with Gasteiger partial charge in [0.25, 0.3) is 0 Å². The molecule has 2 N–H and O–H groups in total. The molecule has 0 bridgehead atoms. The molecule has 3 aromatic rings. The van der Waals surface area contributed by atoms with Gasteiger partial charge in [-0.3, -0.25) is 0 Å². The van der Waals surface area contributed by atoms with Gasteiger partial charge in [-0.1, -0.05) is 26.1 Å². The highest BCUT2D eigenvalue weighted by atomic mass is 32.1. The molecule has 0 radical (unpaired) electrons. The molecular weight excluding hydrogens is 458 g/mol. The standard InChI is InChI=1S/C20H25N5S.C6H16OSi/c1-14-11-23-19(26-14)15-12-22-18-17(15)16(5-9-21-18)25-10-4-7-20(13-25)6-2-3-8-24-20;1-7-5-6-8(2,3)4/h5,9,11-12,24H,2-4,6-8,10,13H2,1H3,(H,21,22);5-6H2,1-4H3/t20-;/m0./s1. The molecule has 0 saturated carbocycles. The molecule has 3 aromatic heterocycles. The molecule has 0 aliphatic carbocycles. The van der Waals surface area contributed by atoms with E-state index in [-0.39, 0.29) is 0 Å². The van der Waals surface area contributed by atoms with Crippen LogP contribution in [0.25, 0.3) is 21.6 Å². The van der Waals surface area contributed by atoms with Gasteiger partial charge in [0.2, 0.25) is 0 Å². The lowest BCUT2D eigenvalue weighted by atomic mass is 9.81. The van der Waals surface area contributed by atoms with Gasteiger partial charge >= 0.3 is 0 Å². The Kier molecular flexibility index (Phi) is 8.12. The lowest BCUT2D eigenvalue weighted by Crippen LogP contribution is -2.59. The first-order valence-electron chi connectivity index (χ1n) is 12.7. The topological polar surface area (TPSA) is 66.1 Å². The fraction of sp³-hybridized carbons (Fsp3) is 0.615. The molecule has 186 valence electrons. The van der Waals surface area contributed by atoms with Gasteiger partial charge in [0, 0.05) is 69.5 Å². The summed E-state index contributed by atoms with van der Waals surface area (Å²) in [4.78, 5) is 16.4. The Morgan fingerprint density at radius 3 is 2.65 bits per heavy atom. The maximum atomic E-state index is 4.95. The number of methoxy groups -OCH3 is 1. The fourth-order valence-electron chi connectivity index (χ4n) is 5.08. The van der Waals surface area contributed by atoms with Crippen molar-refractivity contribution in [3.63, 3.8) is 0 Å². The third-order valence-electron chi connectivity index (χ3n) is 6.96. The SMILES string of the molecule is COCC[Si](C)(C)C.Cc1cnc(-c2c[nH]c3nccc(N4CCC[C@@]5(CCCCN5)C4)c23)s1. The second-order valence-electron chi connectivity index (χ2n) is 11.0. The number of thiazole rings is 1. The van der Waals surface area contributed by atoms with Gasteiger partial charge < -0.3 is 19.9 Å². The molecule has 2 aliphatic heterocycles. The first kappa shape index (κ1) is 25.4. The van der Waals surface area contributed by atoms with Crippen molar-refractivity contribution in [3.05, 3.63) is 29.5 Å². The van der Waals surface area contributed by atoms with E-state index in [1.807, 2.05) is 12.4 Å². The van der Waals surface area contributed by atoms with E-state index >= 15 is 0 Å². The van der Waals surface area contributed by atoms with Crippen LogP contribution in [0.2, 0.25) is 25.7 Å². The Bertz CT molecular complexity index is 1060. The van der Waals surface area contributed by atoms with E-state index in [4.69, 9.17) is 4.74 Å².